The van der Waals surface area contributed by atoms with Gasteiger partial charge in [0.05, 0.1) is 4.70 Å². The molecular weight excluding hydrogens is 348 g/mol. The van der Waals surface area contributed by atoms with Crippen LogP contribution in [0.3, 0.4) is 0 Å². The summed E-state index contributed by atoms with van der Waals surface area (Å²) >= 11 is 7.73. The number of halogens is 1. The van der Waals surface area contributed by atoms with Crippen LogP contribution in [0, 0.1) is 0 Å². The number of rotatable bonds is 4. The number of hydrogen-bond donors (Lipinski definition) is 0. The van der Waals surface area contributed by atoms with Gasteiger partial charge >= 0.3 is 0 Å². The Hall–Kier alpha value is -2.05. The lowest BCUT2D eigenvalue weighted by Crippen LogP contribution is -2.27. The Kier molecular flexibility index (Phi) is 4.16. The number of nitrogens with zero attached hydrogens (tertiary/aromatic N) is 2. The molecule has 0 unspecified atom stereocenters. The van der Waals surface area contributed by atoms with Crippen LogP contribution in [0.25, 0.3) is 10.1 Å². The fraction of sp³-hybridized carbons (Fsp3) is 0.294. The Balaban J connectivity index is 1.47. The van der Waals surface area contributed by atoms with Gasteiger partial charge in [-0.25, -0.2) is 4.98 Å². The van der Waals surface area contributed by atoms with Gasteiger partial charge in [-0.2, -0.15) is 0 Å². The number of oxazole rings is 1. The lowest BCUT2D eigenvalue weighted by Gasteiger charge is -2.12. The molecule has 124 valence electrons. The summed E-state index contributed by atoms with van der Waals surface area (Å²) in [7, 11) is 0. The van der Waals surface area contributed by atoms with Gasteiger partial charge < -0.3 is 14.1 Å². The number of hydrogen-bond acceptors (Lipinski definition) is 5. The molecule has 0 atom stereocenters. The van der Waals surface area contributed by atoms with Crippen LogP contribution in [0.15, 0.2) is 34.3 Å². The Bertz CT molecular complexity index is 883. The van der Waals surface area contributed by atoms with E-state index in [0.29, 0.717) is 16.6 Å². The third-order valence-corrected chi connectivity index (χ3v) is 5.30. The average molecular weight is 363 g/mol. The number of carbonyl (C=O) groups is 1. The number of likely N-dealkylation sites (tertiary alicyclic amines) is 1. The Labute approximate surface area is 147 Å². The molecule has 3 heterocycles. The van der Waals surface area contributed by atoms with Gasteiger partial charge in [-0.3, -0.25) is 4.79 Å². The van der Waals surface area contributed by atoms with Crippen molar-refractivity contribution in [2.75, 3.05) is 13.1 Å². The largest absolute Gasteiger partial charge is 0.482 e. The first-order chi connectivity index (χ1) is 11.7. The highest BCUT2D eigenvalue weighted by Gasteiger charge is 2.22. The van der Waals surface area contributed by atoms with Crippen LogP contribution in [-0.4, -0.2) is 28.9 Å². The van der Waals surface area contributed by atoms with Crippen molar-refractivity contribution in [3.63, 3.8) is 0 Å². The van der Waals surface area contributed by atoms with E-state index < -0.39 is 0 Å². The lowest BCUT2D eigenvalue weighted by atomic mass is 10.2. The Morgan fingerprint density at radius 2 is 2.17 bits per heavy atom. The van der Waals surface area contributed by atoms with E-state index in [1.165, 1.54) is 6.26 Å². The van der Waals surface area contributed by atoms with Crippen LogP contribution < -0.4 is 4.74 Å². The third kappa shape index (κ3) is 2.87. The van der Waals surface area contributed by atoms with Crippen molar-refractivity contribution in [3.8, 4) is 5.75 Å². The number of ether oxygens (including phenoxy) is 1. The van der Waals surface area contributed by atoms with Crippen molar-refractivity contribution in [1.29, 1.82) is 0 Å². The SMILES string of the molecule is O=C(c1coc(COc2ccc(Cl)c3ccsc23)n1)N1CCCC1. The molecule has 1 aromatic carbocycles. The molecule has 24 heavy (non-hydrogen) atoms. The quantitative estimate of drug-likeness (QED) is 0.692. The summed E-state index contributed by atoms with van der Waals surface area (Å²) in [5, 5.41) is 3.64. The minimum atomic E-state index is -0.0744. The van der Waals surface area contributed by atoms with E-state index in [4.69, 9.17) is 20.8 Å². The van der Waals surface area contributed by atoms with Gasteiger partial charge in [0.2, 0.25) is 5.89 Å². The first-order valence-electron chi connectivity index (χ1n) is 7.74. The predicted octanol–water partition coefficient (Wildman–Crippen LogP) is 4.36. The van der Waals surface area contributed by atoms with E-state index >= 15 is 0 Å². The van der Waals surface area contributed by atoms with Crippen molar-refractivity contribution < 1.29 is 13.9 Å². The van der Waals surface area contributed by atoms with Gasteiger partial charge in [0, 0.05) is 23.5 Å². The van der Waals surface area contributed by atoms with E-state index in [2.05, 4.69) is 4.98 Å². The summed E-state index contributed by atoms with van der Waals surface area (Å²) in [5.74, 6) is 1.04. The number of benzene rings is 1. The molecule has 1 fully saturated rings. The van der Waals surface area contributed by atoms with E-state index in [0.717, 1.165) is 41.8 Å². The molecule has 1 aliphatic rings. The van der Waals surface area contributed by atoms with Crippen molar-refractivity contribution in [3.05, 3.63) is 46.4 Å². The monoisotopic (exact) mass is 362 g/mol. The zero-order valence-corrected chi connectivity index (χ0v) is 14.4. The Morgan fingerprint density at radius 3 is 3.00 bits per heavy atom. The second kappa shape index (κ2) is 6.45. The summed E-state index contributed by atoms with van der Waals surface area (Å²) < 4.78 is 12.2. The fourth-order valence-corrected chi connectivity index (χ4v) is 3.98. The smallest absolute Gasteiger partial charge is 0.275 e. The van der Waals surface area contributed by atoms with Gasteiger partial charge in [-0.05, 0) is 36.4 Å². The molecule has 0 aliphatic carbocycles. The molecule has 0 radical (unpaired) electrons. The van der Waals surface area contributed by atoms with Crippen LogP contribution in [-0.2, 0) is 6.61 Å². The van der Waals surface area contributed by atoms with Gasteiger partial charge in [0.15, 0.2) is 12.3 Å². The van der Waals surface area contributed by atoms with Crippen molar-refractivity contribution >= 4 is 38.9 Å². The summed E-state index contributed by atoms with van der Waals surface area (Å²) in [6, 6.07) is 5.61. The Morgan fingerprint density at radius 1 is 1.33 bits per heavy atom. The van der Waals surface area contributed by atoms with E-state index in [1.807, 2.05) is 23.6 Å². The van der Waals surface area contributed by atoms with Gasteiger partial charge in [-0.1, -0.05) is 11.6 Å². The number of aromatic nitrogens is 1. The van der Waals surface area contributed by atoms with E-state index in [-0.39, 0.29) is 12.5 Å². The number of thiophene rings is 1. The zero-order valence-electron chi connectivity index (χ0n) is 12.8. The first kappa shape index (κ1) is 15.5. The van der Waals surface area contributed by atoms with Crippen LogP contribution in [0.1, 0.15) is 29.2 Å². The molecule has 5 nitrogen and oxygen atoms in total. The maximum Gasteiger partial charge on any atom is 0.275 e. The molecule has 1 saturated heterocycles. The zero-order chi connectivity index (χ0) is 16.5. The second-order valence-corrected chi connectivity index (χ2v) is 6.95. The number of carbonyl (C=O) groups excluding carboxylic acids is 1. The fourth-order valence-electron chi connectivity index (χ4n) is 2.81. The first-order valence-corrected chi connectivity index (χ1v) is 9.00. The van der Waals surface area contributed by atoms with Crippen molar-refractivity contribution in [1.82, 2.24) is 9.88 Å². The summed E-state index contributed by atoms with van der Waals surface area (Å²) in [4.78, 5) is 18.3. The highest BCUT2D eigenvalue weighted by molar-refractivity contribution is 7.17. The highest BCUT2D eigenvalue weighted by Crippen LogP contribution is 2.35. The average Bonchev–Trinajstić information content (AvgIpc) is 3.33. The molecule has 0 bridgehead atoms. The highest BCUT2D eigenvalue weighted by atomic mass is 35.5. The van der Waals surface area contributed by atoms with Gasteiger partial charge in [0.1, 0.15) is 12.0 Å². The molecule has 4 rings (SSSR count). The van der Waals surface area contributed by atoms with Crippen LogP contribution in [0.2, 0.25) is 5.02 Å². The lowest BCUT2D eigenvalue weighted by molar-refractivity contribution is 0.0787. The maximum absolute atomic E-state index is 12.3. The minimum Gasteiger partial charge on any atom is -0.482 e. The van der Waals surface area contributed by atoms with Crippen LogP contribution >= 0.6 is 22.9 Å². The molecule has 1 amide bonds. The third-order valence-electron chi connectivity index (χ3n) is 4.04. The standard InChI is InChI=1S/C17H15ClN2O3S/c18-12-3-4-14(16-11(12)5-8-24-16)22-10-15-19-13(9-23-15)17(21)20-6-1-2-7-20/h3-5,8-9H,1-2,6-7,10H2. The minimum absolute atomic E-state index is 0.0744. The summed E-state index contributed by atoms with van der Waals surface area (Å²) in [6.45, 7) is 1.75. The van der Waals surface area contributed by atoms with Crippen LogP contribution in [0.5, 0.6) is 5.75 Å². The van der Waals surface area contributed by atoms with Crippen molar-refractivity contribution in [2.24, 2.45) is 0 Å². The number of fused-ring (bicyclic) bond motifs is 1. The molecule has 2 aromatic heterocycles. The van der Waals surface area contributed by atoms with Crippen molar-refractivity contribution in [2.45, 2.75) is 19.4 Å². The molecule has 1 aliphatic heterocycles. The maximum atomic E-state index is 12.3. The molecule has 3 aromatic rings. The van der Waals surface area contributed by atoms with Gasteiger partial charge in [0.25, 0.3) is 5.91 Å². The summed E-state index contributed by atoms with van der Waals surface area (Å²) in [6.07, 6.45) is 3.50. The van der Waals surface area contributed by atoms with E-state index in [1.54, 1.807) is 16.2 Å². The molecule has 7 heteroatoms. The summed E-state index contributed by atoms with van der Waals surface area (Å²) in [5.41, 5.74) is 0.341. The van der Waals surface area contributed by atoms with E-state index in [9.17, 15) is 4.79 Å². The molecule has 0 saturated carbocycles. The van der Waals surface area contributed by atoms with Crippen LogP contribution in [0.4, 0.5) is 0 Å². The van der Waals surface area contributed by atoms with Gasteiger partial charge in [-0.15, -0.1) is 11.3 Å². The molecule has 0 N–H and O–H groups in total. The topological polar surface area (TPSA) is 55.6 Å². The molecule has 0 spiro atoms. The molecular formula is C17H15ClN2O3S. The number of amides is 1. The predicted molar refractivity (Wildman–Crippen MR) is 92.8 cm³/mol. The second-order valence-electron chi connectivity index (χ2n) is 5.62. The normalized spacial score (nSPS) is 14.5.